The SMILES string of the molecule is Nc1ncnc2c([C@@H]3O[C@H](COP(O)(=S)OP(=O)(O)OC4OC([C@@H](F)CO)C(O)C(O)C4O)[C@@H](O)[C@]3(F)C3CC3)csc12. The summed E-state index contributed by atoms with van der Waals surface area (Å²) in [6.45, 7) is -6.72. The Bertz CT molecular complexity index is 1430. The minimum atomic E-state index is -5.52. The number of aliphatic hydroxyl groups excluding tert-OH is 5. The van der Waals surface area contributed by atoms with E-state index in [1.54, 1.807) is 5.38 Å². The summed E-state index contributed by atoms with van der Waals surface area (Å²) in [5.41, 5.74) is 4.24. The van der Waals surface area contributed by atoms with Gasteiger partial charge in [0.2, 0.25) is 0 Å². The van der Waals surface area contributed by atoms with E-state index < -0.39 is 94.5 Å². The number of nitrogens with two attached hydrogens (primary N) is 1. The summed E-state index contributed by atoms with van der Waals surface area (Å²) >= 11 is 5.92. The highest BCUT2D eigenvalue weighted by Crippen LogP contribution is 2.63. The van der Waals surface area contributed by atoms with Gasteiger partial charge in [-0.3, -0.25) is 4.52 Å². The summed E-state index contributed by atoms with van der Waals surface area (Å²) in [5.74, 6) is -0.393. The third-order valence-electron chi connectivity index (χ3n) is 7.40. The van der Waals surface area contributed by atoms with E-state index in [0.717, 1.165) is 11.3 Å². The Balaban J connectivity index is 1.26. The van der Waals surface area contributed by atoms with Crippen molar-refractivity contribution in [3.8, 4) is 0 Å². The molecular formula is C21H29F2N3O13P2S2. The Morgan fingerprint density at radius 1 is 1.19 bits per heavy atom. The van der Waals surface area contributed by atoms with Crippen LogP contribution in [0.25, 0.3) is 10.2 Å². The first-order valence-corrected chi connectivity index (χ1v) is 17.7. The molecule has 9 N–H and O–H groups in total. The zero-order valence-corrected chi connectivity index (χ0v) is 25.2. The number of ether oxygens (including phenoxy) is 2. The maximum absolute atomic E-state index is 16.5. The molecule has 0 aromatic carbocycles. The molecule has 7 unspecified atom stereocenters. The van der Waals surface area contributed by atoms with Gasteiger partial charge in [0.25, 0.3) is 0 Å². The smallest absolute Gasteiger partial charge is 0.393 e. The van der Waals surface area contributed by atoms with E-state index in [1.807, 2.05) is 0 Å². The van der Waals surface area contributed by atoms with Gasteiger partial charge < -0.3 is 55.1 Å². The van der Waals surface area contributed by atoms with E-state index in [1.165, 1.54) is 6.33 Å². The van der Waals surface area contributed by atoms with Crippen LogP contribution in [0.3, 0.4) is 0 Å². The van der Waals surface area contributed by atoms with Gasteiger partial charge in [-0.05, 0) is 35.9 Å². The molecule has 242 valence electrons. The van der Waals surface area contributed by atoms with Crippen LogP contribution in [-0.4, -0.2) is 113 Å². The number of nitrogen functional groups attached to an aromatic ring is 1. The Morgan fingerprint density at radius 2 is 1.88 bits per heavy atom. The second-order valence-corrected chi connectivity index (χ2v) is 15.5. The lowest BCUT2D eigenvalue weighted by Crippen LogP contribution is -2.60. The van der Waals surface area contributed by atoms with Crippen LogP contribution in [0.1, 0.15) is 24.5 Å². The summed E-state index contributed by atoms with van der Waals surface area (Å²) in [6, 6.07) is 0. The van der Waals surface area contributed by atoms with Gasteiger partial charge in [0.05, 0.1) is 23.4 Å². The summed E-state index contributed by atoms with van der Waals surface area (Å²) in [6.07, 6.45) is -15.4. The number of nitrogens with zero attached hydrogens (tertiary/aromatic N) is 2. The van der Waals surface area contributed by atoms with Gasteiger partial charge in [-0.25, -0.2) is 27.6 Å². The molecule has 22 heteroatoms. The predicted molar refractivity (Wildman–Crippen MR) is 145 cm³/mol. The van der Waals surface area contributed by atoms with Gasteiger partial charge >= 0.3 is 14.5 Å². The Hall–Kier alpha value is -0.900. The number of hydrogen-bond donors (Lipinski definition) is 8. The number of fused-ring (bicyclic) bond motifs is 1. The molecule has 3 aliphatic rings. The van der Waals surface area contributed by atoms with Crippen molar-refractivity contribution in [2.24, 2.45) is 5.92 Å². The fourth-order valence-corrected chi connectivity index (χ4v) is 9.16. The average molecular weight is 696 g/mol. The zero-order chi connectivity index (χ0) is 31.5. The third-order valence-corrected chi connectivity index (χ3v) is 11.9. The molecule has 0 amide bonds. The van der Waals surface area contributed by atoms with Crippen LogP contribution in [0.4, 0.5) is 14.6 Å². The van der Waals surface area contributed by atoms with Gasteiger partial charge in [0.15, 0.2) is 18.1 Å². The molecule has 2 aromatic rings. The standard InChI is InChI=1S/C21H29F2N3O13P2S2/c22-9(3-27)15-13(29)12(28)14(30)20(37-15)38-40(32,33)39-41(34,42)35-4-10-17(31)21(23,7-1-2-7)18(36-10)8-5-43-16-11(8)25-6-26-19(16)24/h5-7,9-10,12-15,17-18,20,27-31H,1-4H2,(H,32,33)(H,34,42)(H2,24,25,26)/t9-,10+,12?,13?,14?,15?,17+,18-,20?,21+,41?/m0/s1. The number of thiophene rings is 1. The maximum Gasteiger partial charge on any atom is 0.481 e. The summed E-state index contributed by atoms with van der Waals surface area (Å²) in [7, 11) is -5.52. The number of halogens is 2. The molecule has 2 saturated heterocycles. The fraction of sp³-hybridized carbons (Fsp3) is 0.714. The molecule has 1 aliphatic carbocycles. The highest BCUT2D eigenvalue weighted by Gasteiger charge is 2.65. The number of aromatic nitrogens is 2. The number of phosphoric ester groups is 1. The van der Waals surface area contributed by atoms with Crippen LogP contribution in [0.5, 0.6) is 0 Å². The van der Waals surface area contributed by atoms with Gasteiger partial charge in [-0.1, -0.05) is 0 Å². The Morgan fingerprint density at radius 3 is 2.53 bits per heavy atom. The molecule has 2 aliphatic heterocycles. The van der Waals surface area contributed by atoms with E-state index in [9.17, 15) is 39.2 Å². The topological polar surface area (TPSA) is 257 Å². The second kappa shape index (κ2) is 12.4. The molecule has 0 spiro atoms. The monoisotopic (exact) mass is 695 g/mol. The lowest BCUT2D eigenvalue weighted by atomic mass is 9.85. The van der Waals surface area contributed by atoms with Crippen molar-refractivity contribution in [3.05, 3.63) is 17.3 Å². The summed E-state index contributed by atoms with van der Waals surface area (Å²) < 4.78 is 68.5. The van der Waals surface area contributed by atoms with Crippen LogP contribution >= 0.6 is 25.9 Å². The number of hydrogen-bond acceptors (Lipinski definition) is 16. The van der Waals surface area contributed by atoms with E-state index in [-0.39, 0.29) is 5.82 Å². The highest BCUT2D eigenvalue weighted by molar-refractivity contribution is 8.08. The lowest BCUT2D eigenvalue weighted by molar-refractivity contribution is -0.287. The third kappa shape index (κ3) is 6.53. The fourth-order valence-electron chi connectivity index (χ4n) is 5.13. The largest absolute Gasteiger partial charge is 0.481 e. The first-order valence-electron chi connectivity index (χ1n) is 12.7. The Kier molecular flexibility index (Phi) is 9.62. The van der Waals surface area contributed by atoms with E-state index in [2.05, 4.69) is 18.8 Å². The molecule has 5 rings (SSSR count). The molecular weight excluding hydrogens is 666 g/mol. The first kappa shape index (κ1) is 33.5. The number of aliphatic hydroxyl groups is 5. The summed E-state index contributed by atoms with van der Waals surface area (Å²) in [5, 5.41) is 51.4. The number of phosphoric acid groups is 1. The molecule has 4 heterocycles. The normalized spacial score (nSPS) is 38.5. The van der Waals surface area contributed by atoms with Crippen LogP contribution in [0.2, 0.25) is 0 Å². The van der Waals surface area contributed by atoms with Crippen molar-refractivity contribution >= 4 is 53.7 Å². The Labute approximate surface area is 250 Å². The predicted octanol–water partition coefficient (Wildman–Crippen LogP) is -0.302. The molecule has 0 bridgehead atoms. The first-order chi connectivity index (χ1) is 20.1. The quantitative estimate of drug-likeness (QED) is 0.140. The van der Waals surface area contributed by atoms with Crippen LogP contribution in [0, 0.1) is 5.92 Å². The minimum absolute atomic E-state index is 0.176. The molecule has 12 atom stereocenters. The molecule has 0 radical (unpaired) electrons. The van der Waals surface area contributed by atoms with Crippen molar-refractivity contribution in [3.63, 3.8) is 0 Å². The van der Waals surface area contributed by atoms with Crippen molar-refractivity contribution < 1.29 is 71.5 Å². The van der Waals surface area contributed by atoms with Crippen molar-refractivity contribution in [2.45, 2.75) is 73.7 Å². The zero-order valence-electron chi connectivity index (χ0n) is 21.8. The molecule has 3 fully saturated rings. The highest BCUT2D eigenvalue weighted by atomic mass is 32.5. The molecule has 2 aromatic heterocycles. The number of rotatable bonds is 11. The maximum atomic E-state index is 16.5. The van der Waals surface area contributed by atoms with Gasteiger partial charge in [0, 0.05) is 5.56 Å². The number of anilines is 1. The van der Waals surface area contributed by atoms with Crippen molar-refractivity contribution in [1.82, 2.24) is 9.97 Å². The van der Waals surface area contributed by atoms with Crippen LogP contribution in [-0.2, 0) is 39.2 Å². The summed E-state index contributed by atoms with van der Waals surface area (Å²) in [4.78, 5) is 28.7. The molecule has 16 nitrogen and oxygen atoms in total. The van der Waals surface area contributed by atoms with E-state index in [4.69, 9.17) is 36.6 Å². The molecule has 1 saturated carbocycles. The van der Waals surface area contributed by atoms with E-state index >= 15 is 4.39 Å². The van der Waals surface area contributed by atoms with Gasteiger partial charge in [-0.15, -0.1) is 11.3 Å². The molecule has 43 heavy (non-hydrogen) atoms. The second-order valence-electron chi connectivity index (χ2n) is 10.3. The van der Waals surface area contributed by atoms with Gasteiger partial charge in [-0.2, -0.15) is 0 Å². The minimum Gasteiger partial charge on any atom is -0.393 e. The average Bonchev–Trinajstić information content (AvgIpc) is 3.66. The van der Waals surface area contributed by atoms with Crippen LogP contribution < -0.4 is 5.73 Å². The van der Waals surface area contributed by atoms with Crippen LogP contribution in [0.15, 0.2) is 11.7 Å². The van der Waals surface area contributed by atoms with Crippen molar-refractivity contribution in [2.75, 3.05) is 18.9 Å². The van der Waals surface area contributed by atoms with E-state index in [0.29, 0.717) is 28.6 Å². The lowest BCUT2D eigenvalue weighted by Gasteiger charge is -2.41. The van der Waals surface area contributed by atoms with Gasteiger partial charge in [0.1, 0.15) is 54.9 Å². The van der Waals surface area contributed by atoms with Crippen molar-refractivity contribution in [1.29, 1.82) is 0 Å². The number of alkyl halides is 2.